The van der Waals surface area contributed by atoms with Gasteiger partial charge in [0.15, 0.2) is 0 Å². The smallest absolute Gasteiger partial charge is 0.0618 e. The summed E-state index contributed by atoms with van der Waals surface area (Å²) >= 11 is 0. The molecule has 1 unspecified atom stereocenters. The molecule has 0 amide bonds. The predicted molar refractivity (Wildman–Crippen MR) is 24.7 cm³/mol. The van der Waals surface area contributed by atoms with E-state index in [4.69, 9.17) is 5.11 Å². The molecule has 0 aromatic rings. The lowest BCUT2D eigenvalue weighted by Gasteiger charge is -1.89. The molecule has 0 aliphatic heterocycles. The van der Waals surface area contributed by atoms with Crippen LogP contribution in [-0.4, -0.2) is 20.4 Å². The minimum atomic E-state index is -0.0324. The summed E-state index contributed by atoms with van der Waals surface area (Å²) < 4.78 is 0. The van der Waals surface area contributed by atoms with E-state index in [2.05, 4.69) is 0 Å². The van der Waals surface area contributed by atoms with E-state index in [1.165, 1.54) is 0 Å². The van der Waals surface area contributed by atoms with E-state index < -0.39 is 0 Å². The Morgan fingerprint density at radius 3 is 2.00 bits per heavy atom. The molecule has 2 heteroatoms. The van der Waals surface area contributed by atoms with Crippen LogP contribution in [-0.2, 0) is 0 Å². The van der Waals surface area contributed by atoms with Crippen LogP contribution in [0.2, 0.25) is 6.55 Å². The summed E-state index contributed by atoms with van der Waals surface area (Å²) in [7, 11) is 0.287. The van der Waals surface area contributed by atoms with Gasteiger partial charge in [0.05, 0.1) is 9.52 Å². The molecule has 0 aromatic carbocycles. The Balaban J connectivity index is 2.54. The summed E-state index contributed by atoms with van der Waals surface area (Å²) in [5, 5.41) is 8.40. The topological polar surface area (TPSA) is 20.2 Å². The third-order valence-corrected chi connectivity index (χ3v) is 1.45. The molecule has 1 nitrogen and oxygen atoms in total. The Morgan fingerprint density at radius 2 is 2.00 bits per heavy atom. The summed E-state index contributed by atoms with van der Waals surface area (Å²) in [6.45, 7) is 3.85. The Bertz CT molecular complexity index is 20.9. The first kappa shape index (κ1) is 5.18. The van der Waals surface area contributed by atoms with Crippen LogP contribution in [0.25, 0.3) is 0 Å². The first-order chi connectivity index (χ1) is 2.27. The van der Waals surface area contributed by atoms with Gasteiger partial charge >= 0.3 is 0 Å². The standard InChI is InChI=1S/C3H9OSi/c1-3(4)5-2/h3-5H,1-2H3. The van der Waals surface area contributed by atoms with Crippen molar-refractivity contribution in [3.05, 3.63) is 0 Å². The average molecular weight is 89.2 g/mol. The monoisotopic (exact) mass is 89.0 g/mol. The highest BCUT2D eigenvalue weighted by Crippen LogP contribution is 1.68. The number of rotatable bonds is 1. The first-order valence-corrected chi connectivity index (χ1v) is 3.57. The molecule has 0 fully saturated rings. The van der Waals surface area contributed by atoms with Gasteiger partial charge in [-0.15, -0.1) is 0 Å². The van der Waals surface area contributed by atoms with Crippen LogP contribution in [0.3, 0.4) is 0 Å². The number of hydrogen-bond donors (Lipinski definition) is 1. The van der Waals surface area contributed by atoms with E-state index in [1.54, 1.807) is 0 Å². The van der Waals surface area contributed by atoms with Crippen molar-refractivity contribution in [3.63, 3.8) is 0 Å². The normalized spacial score (nSPS) is 15.0. The maximum atomic E-state index is 8.40. The summed E-state index contributed by atoms with van der Waals surface area (Å²) in [6, 6.07) is 0. The Hall–Kier alpha value is 0.177. The van der Waals surface area contributed by atoms with Gasteiger partial charge in [-0.05, 0) is 6.92 Å². The molecule has 1 radical (unpaired) electrons. The van der Waals surface area contributed by atoms with Crippen molar-refractivity contribution in [2.45, 2.75) is 19.2 Å². The van der Waals surface area contributed by atoms with Crippen molar-refractivity contribution >= 4 is 9.52 Å². The van der Waals surface area contributed by atoms with Crippen molar-refractivity contribution in [2.24, 2.45) is 0 Å². The molecule has 0 saturated carbocycles. The second kappa shape index (κ2) is 2.42. The van der Waals surface area contributed by atoms with E-state index >= 15 is 0 Å². The number of aliphatic hydroxyl groups excluding tert-OH is 1. The molecule has 0 bridgehead atoms. The lowest BCUT2D eigenvalue weighted by molar-refractivity contribution is 0.273. The summed E-state index contributed by atoms with van der Waals surface area (Å²) in [5.41, 5.74) is -0.0324. The molecule has 1 N–H and O–H groups in total. The van der Waals surface area contributed by atoms with Gasteiger partial charge in [-0.3, -0.25) is 0 Å². The third-order valence-electron chi connectivity index (χ3n) is 0.482. The third kappa shape index (κ3) is 4.18. The molecular weight excluding hydrogens is 80.1 g/mol. The van der Waals surface area contributed by atoms with Gasteiger partial charge < -0.3 is 5.11 Å². The zero-order valence-corrected chi connectivity index (χ0v) is 4.76. The van der Waals surface area contributed by atoms with Crippen LogP contribution in [0.15, 0.2) is 0 Å². The predicted octanol–water partition coefficient (Wildman–Crippen LogP) is -0.191. The molecule has 0 aromatic heterocycles. The molecule has 0 rings (SSSR count). The second-order valence-corrected chi connectivity index (χ2v) is 2.71. The fourth-order valence-corrected chi connectivity index (χ4v) is 0. The highest BCUT2D eigenvalue weighted by molar-refractivity contribution is 6.34. The molecule has 0 spiro atoms. The van der Waals surface area contributed by atoms with Gasteiger partial charge in [0.25, 0.3) is 0 Å². The molecule has 0 heterocycles. The van der Waals surface area contributed by atoms with Crippen LogP contribution in [0.1, 0.15) is 6.92 Å². The molecule has 0 saturated heterocycles. The molecular formula is C3H9OSi. The minimum Gasteiger partial charge on any atom is -0.397 e. The van der Waals surface area contributed by atoms with Crippen LogP contribution in [0, 0.1) is 0 Å². The van der Waals surface area contributed by atoms with Gasteiger partial charge in [0.2, 0.25) is 0 Å². The largest absolute Gasteiger partial charge is 0.397 e. The Labute approximate surface area is 34.8 Å². The number of hydrogen-bond acceptors (Lipinski definition) is 1. The van der Waals surface area contributed by atoms with Crippen LogP contribution < -0.4 is 0 Å². The second-order valence-electron chi connectivity index (χ2n) is 1.07. The Kier molecular flexibility index (Phi) is 2.50. The fraction of sp³-hybridized carbons (Fsp3) is 1.00. The average Bonchev–Trinajstić information content (AvgIpc) is 1.38. The van der Waals surface area contributed by atoms with E-state index in [1.807, 2.05) is 13.5 Å². The molecule has 0 aliphatic carbocycles. The summed E-state index contributed by atoms with van der Waals surface area (Å²) in [5.74, 6) is 0. The molecule has 5 heavy (non-hydrogen) atoms. The zero-order chi connectivity index (χ0) is 4.28. The van der Waals surface area contributed by atoms with E-state index in [0.717, 1.165) is 0 Å². The summed E-state index contributed by atoms with van der Waals surface area (Å²) in [6.07, 6.45) is 0. The maximum Gasteiger partial charge on any atom is 0.0618 e. The maximum absolute atomic E-state index is 8.40. The van der Waals surface area contributed by atoms with Gasteiger partial charge in [-0.25, -0.2) is 0 Å². The first-order valence-electron chi connectivity index (χ1n) is 1.75. The quantitative estimate of drug-likeness (QED) is 0.441. The van der Waals surface area contributed by atoms with Crippen molar-refractivity contribution in [2.75, 3.05) is 0 Å². The lowest BCUT2D eigenvalue weighted by Crippen LogP contribution is -2.05. The highest BCUT2D eigenvalue weighted by Gasteiger charge is 1.83. The van der Waals surface area contributed by atoms with Gasteiger partial charge in [-0.2, -0.15) is 0 Å². The van der Waals surface area contributed by atoms with Gasteiger partial charge in [0, 0.05) is 5.73 Å². The van der Waals surface area contributed by atoms with Crippen LogP contribution >= 0.6 is 0 Å². The van der Waals surface area contributed by atoms with Crippen molar-refractivity contribution in [1.29, 1.82) is 0 Å². The van der Waals surface area contributed by atoms with Gasteiger partial charge in [0.1, 0.15) is 0 Å². The lowest BCUT2D eigenvalue weighted by atomic mass is 10.9. The van der Waals surface area contributed by atoms with E-state index in [9.17, 15) is 0 Å². The zero-order valence-electron chi connectivity index (χ0n) is 3.60. The molecule has 1 atom stereocenters. The van der Waals surface area contributed by atoms with Crippen molar-refractivity contribution in [1.82, 2.24) is 0 Å². The Morgan fingerprint density at radius 1 is 1.80 bits per heavy atom. The van der Waals surface area contributed by atoms with Gasteiger partial charge in [-0.1, -0.05) is 6.55 Å². The van der Waals surface area contributed by atoms with Crippen molar-refractivity contribution in [3.8, 4) is 0 Å². The van der Waals surface area contributed by atoms with Crippen LogP contribution in [0.5, 0.6) is 0 Å². The minimum absolute atomic E-state index is 0.0324. The number of aliphatic hydroxyl groups is 1. The SMILES string of the molecule is C[SiH]C(C)O. The van der Waals surface area contributed by atoms with E-state index in [0.29, 0.717) is 0 Å². The molecule has 31 valence electrons. The van der Waals surface area contributed by atoms with Crippen LogP contribution in [0.4, 0.5) is 0 Å². The summed E-state index contributed by atoms with van der Waals surface area (Å²) in [4.78, 5) is 0. The highest BCUT2D eigenvalue weighted by atomic mass is 28.2. The van der Waals surface area contributed by atoms with E-state index in [-0.39, 0.29) is 15.2 Å². The fourth-order valence-electron chi connectivity index (χ4n) is 0. The molecule has 0 aliphatic rings. The van der Waals surface area contributed by atoms with Crippen molar-refractivity contribution < 1.29 is 5.11 Å².